The van der Waals surface area contributed by atoms with Crippen molar-refractivity contribution in [2.45, 2.75) is 0 Å². The number of anilines is 2. The number of rotatable bonds is 5. The average molecular weight is 445 g/mol. The van der Waals surface area contributed by atoms with Gasteiger partial charge in [-0.05, 0) is 24.3 Å². The molecule has 0 radical (unpaired) electrons. The summed E-state index contributed by atoms with van der Waals surface area (Å²) in [6, 6.07) is 3.96. The Morgan fingerprint density at radius 3 is 2.29 bits per heavy atom. The molecule has 0 aromatic carbocycles. The molecule has 0 aliphatic heterocycles. The van der Waals surface area contributed by atoms with Gasteiger partial charge in [0.05, 0.1) is 46.2 Å². The van der Waals surface area contributed by atoms with E-state index in [1.54, 1.807) is 24.5 Å². The number of aromatic amines is 3. The molecule has 0 saturated heterocycles. The smallest absolute Gasteiger partial charge is 0.163 e. The molecule has 6 rings (SSSR count). The monoisotopic (exact) mass is 445 g/mol. The van der Waals surface area contributed by atoms with Crippen LogP contribution in [0.25, 0.3) is 44.7 Å². The molecule has 0 saturated carbocycles. The molecule has 0 aliphatic rings. The fourth-order valence-corrected chi connectivity index (χ4v) is 4.09. The summed E-state index contributed by atoms with van der Waals surface area (Å²) in [5.74, 6) is 0.632. The normalized spacial score (nSPS) is 11.9. The van der Waals surface area contributed by atoms with E-state index >= 15 is 0 Å². The van der Waals surface area contributed by atoms with Crippen molar-refractivity contribution in [2.24, 2.45) is 4.99 Å². The summed E-state index contributed by atoms with van der Waals surface area (Å²) >= 11 is 0. The van der Waals surface area contributed by atoms with Gasteiger partial charge in [0.1, 0.15) is 12.1 Å². The molecule has 0 spiro atoms. The Morgan fingerprint density at radius 1 is 0.794 bits per heavy atom. The van der Waals surface area contributed by atoms with Crippen LogP contribution in [0.5, 0.6) is 0 Å². The number of aromatic nitrogens is 7. The molecular weight excluding hydrogens is 426 g/mol. The average Bonchev–Trinajstić information content (AvgIpc) is 3.62. The lowest BCUT2D eigenvalue weighted by Crippen LogP contribution is -2.03. The van der Waals surface area contributed by atoms with Crippen molar-refractivity contribution < 1.29 is 0 Å². The summed E-state index contributed by atoms with van der Waals surface area (Å²) in [7, 11) is 0. The van der Waals surface area contributed by atoms with E-state index in [1.807, 2.05) is 36.9 Å². The van der Waals surface area contributed by atoms with Crippen LogP contribution in [-0.2, 0) is 0 Å². The van der Waals surface area contributed by atoms with E-state index in [0.29, 0.717) is 17.0 Å². The molecular formula is C25H19N9. The Labute approximate surface area is 193 Å². The Balaban J connectivity index is 1.51. The zero-order valence-corrected chi connectivity index (χ0v) is 18.0. The number of nitrogens with zero attached hydrogens (tertiary/aromatic N) is 5. The van der Waals surface area contributed by atoms with E-state index in [1.165, 1.54) is 6.33 Å². The van der Waals surface area contributed by atoms with Gasteiger partial charge in [-0.3, -0.25) is 9.97 Å². The van der Waals surface area contributed by atoms with Crippen molar-refractivity contribution in [1.29, 1.82) is 0 Å². The zero-order valence-electron chi connectivity index (χ0n) is 18.0. The standard InChI is InChI=1S/C25H19N9/c1-3-18-22-14(5-7-27-22)20(11-29-18)33-24-16-9-26-10-17(16)25(32-13-31-24)34-21-12-30-19(4-2)23-15(21)6-8-28-23/h3-13,26-28H,1-2H2,(H,31,32,33,34). The molecule has 9 nitrogen and oxygen atoms in total. The minimum Gasteiger partial charge on any atom is -0.366 e. The minimum absolute atomic E-state index is 0.527. The third-order valence-electron chi connectivity index (χ3n) is 5.71. The first-order valence-electron chi connectivity index (χ1n) is 10.6. The van der Waals surface area contributed by atoms with Crippen molar-refractivity contribution in [2.75, 3.05) is 5.32 Å². The molecule has 0 amide bonds. The fourth-order valence-electron chi connectivity index (χ4n) is 4.09. The number of pyridine rings is 2. The van der Waals surface area contributed by atoms with Gasteiger partial charge < -0.3 is 20.3 Å². The van der Waals surface area contributed by atoms with Gasteiger partial charge in [-0.2, -0.15) is 0 Å². The molecule has 6 heterocycles. The van der Waals surface area contributed by atoms with Crippen LogP contribution in [0.4, 0.5) is 17.2 Å². The van der Waals surface area contributed by atoms with Crippen LogP contribution in [0.3, 0.4) is 0 Å². The second-order valence-corrected chi connectivity index (χ2v) is 7.59. The lowest BCUT2D eigenvalue weighted by Gasteiger charge is -2.07. The Kier molecular flexibility index (Phi) is 4.51. The van der Waals surface area contributed by atoms with E-state index in [0.717, 1.165) is 49.7 Å². The first kappa shape index (κ1) is 19.6. The molecule has 0 unspecified atom stereocenters. The van der Waals surface area contributed by atoms with Gasteiger partial charge in [0.2, 0.25) is 0 Å². The number of hydrogen-bond donors (Lipinski definition) is 4. The first-order chi connectivity index (χ1) is 16.8. The summed E-state index contributed by atoms with van der Waals surface area (Å²) in [5.41, 5.74) is 5.41. The molecule has 6 aromatic heterocycles. The van der Waals surface area contributed by atoms with Gasteiger partial charge in [-0.15, -0.1) is 0 Å². The lowest BCUT2D eigenvalue weighted by atomic mass is 10.2. The Bertz CT molecular complexity index is 1790. The van der Waals surface area contributed by atoms with Crippen molar-refractivity contribution >= 4 is 61.9 Å². The van der Waals surface area contributed by atoms with Gasteiger partial charge in [0.15, 0.2) is 5.49 Å². The number of hydrogen-bond acceptors (Lipinski definition) is 6. The third kappa shape index (κ3) is 3.06. The Hall–Kier alpha value is -5.05. The summed E-state index contributed by atoms with van der Waals surface area (Å²) in [6.45, 7) is 7.67. The molecule has 0 atom stereocenters. The van der Waals surface area contributed by atoms with Crippen LogP contribution >= 0.6 is 0 Å². The summed E-state index contributed by atoms with van der Waals surface area (Å²) in [5, 5.41) is 7.00. The van der Waals surface area contributed by atoms with Crippen LogP contribution < -0.4 is 10.8 Å². The molecule has 6 aromatic rings. The van der Waals surface area contributed by atoms with Gasteiger partial charge in [0, 0.05) is 46.3 Å². The molecule has 0 bridgehead atoms. The summed E-state index contributed by atoms with van der Waals surface area (Å²) in [6.07, 6.45) is 15.9. The quantitative estimate of drug-likeness (QED) is 0.298. The van der Waals surface area contributed by atoms with Crippen LogP contribution in [0, 0.1) is 0 Å². The molecule has 9 heteroatoms. The maximum atomic E-state index is 4.83. The van der Waals surface area contributed by atoms with E-state index in [9.17, 15) is 0 Å². The minimum atomic E-state index is 0.527. The summed E-state index contributed by atoms with van der Waals surface area (Å²) < 4.78 is 0. The van der Waals surface area contributed by atoms with Gasteiger partial charge in [-0.1, -0.05) is 13.2 Å². The fraction of sp³-hybridized carbons (Fsp3) is 0. The zero-order chi connectivity index (χ0) is 23.1. The maximum Gasteiger partial charge on any atom is 0.163 e. The predicted molar refractivity (Wildman–Crippen MR) is 135 cm³/mol. The Morgan fingerprint density at radius 2 is 1.50 bits per heavy atom. The molecule has 164 valence electrons. The summed E-state index contributed by atoms with van der Waals surface area (Å²) in [4.78, 5) is 32.4. The van der Waals surface area contributed by atoms with Gasteiger partial charge in [-0.25, -0.2) is 15.0 Å². The number of nitrogens with one attached hydrogen (secondary N) is 4. The van der Waals surface area contributed by atoms with Crippen LogP contribution in [0.2, 0.25) is 0 Å². The van der Waals surface area contributed by atoms with E-state index in [4.69, 9.17) is 4.99 Å². The highest BCUT2D eigenvalue weighted by molar-refractivity contribution is 6.00. The van der Waals surface area contributed by atoms with Gasteiger partial charge >= 0.3 is 0 Å². The molecule has 34 heavy (non-hydrogen) atoms. The maximum absolute atomic E-state index is 4.83. The van der Waals surface area contributed by atoms with E-state index < -0.39 is 0 Å². The van der Waals surface area contributed by atoms with Crippen LogP contribution in [-0.4, -0.2) is 34.9 Å². The highest BCUT2D eigenvalue weighted by atomic mass is 15.0. The van der Waals surface area contributed by atoms with Crippen molar-refractivity contribution in [3.63, 3.8) is 0 Å². The van der Waals surface area contributed by atoms with Crippen LogP contribution in [0.1, 0.15) is 11.4 Å². The van der Waals surface area contributed by atoms with E-state index in [2.05, 4.69) is 53.4 Å². The third-order valence-corrected chi connectivity index (χ3v) is 5.71. The molecule has 0 fully saturated rings. The van der Waals surface area contributed by atoms with Gasteiger partial charge in [0.25, 0.3) is 0 Å². The topological polar surface area (TPSA) is 123 Å². The predicted octanol–water partition coefficient (Wildman–Crippen LogP) is 4.97. The molecule has 4 N–H and O–H groups in total. The second kappa shape index (κ2) is 7.82. The number of fused-ring (bicyclic) bond motifs is 3. The van der Waals surface area contributed by atoms with E-state index in [-0.39, 0.29) is 0 Å². The van der Waals surface area contributed by atoms with Crippen LogP contribution in [0.15, 0.2) is 73.8 Å². The SMILES string of the molecule is C=Cc1ncc(N=c2ncnc(Nc3cnc(C=C)c4[nH]ccc34)c3c[nH]cc23)c2cc[nH]c12. The first-order valence-corrected chi connectivity index (χ1v) is 10.6. The highest BCUT2D eigenvalue weighted by Gasteiger charge is 2.11. The number of H-pyrrole nitrogens is 3. The lowest BCUT2D eigenvalue weighted by molar-refractivity contribution is 1.13. The molecule has 0 aliphatic carbocycles. The van der Waals surface area contributed by atoms with Crippen molar-refractivity contribution in [3.05, 3.63) is 85.7 Å². The highest BCUT2D eigenvalue weighted by Crippen LogP contribution is 2.29. The van der Waals surface area contributed by atoms with Crippen molar-refractivity contribution in [3.8, 4) is 0 Å². The largest absolute Gasteiger partial charge is 0.366 e. The second-order valence-electron chi connectivity index (χ2n) is 7.59. The van der Waals surface area contributed by atoms with Crippen molar-refractivity contribution in [1.82, 2.24) is 34.9 Å².